The zero-order valence-electron chi connectivity index (χ0n) is 17.3. The Morgan fingerprint density at radius 1 is 0.414 bits per heavy atom. The average Bonchev–Trinajstić information content (AvgIpc) is 2.77. The molecular weight excluding hydrogens is 348 g/mol. The van der Waals surface area contributed by atoms with Crippen LogP contribution in [0.15, 0.2) is 109 Å². The first kappa shape index (κ1) is 19.2. The highest BCUT2D eigenvalue weighted by atomic mass is 14.3. The van der Waals surface area contributed by atoms with E-state index in [1.54, 1.807) is 0 Å². The van der Waals surface area contributed by atoms with E-state index in [9.17, 15) is 0 Å². The normalized spacial score (nSPS) is 13.0. The van der Waals surface area contributed by atoms with Crippen molar-refractivity contribution >= 4 is 0 Å². The first-order valence-corrected chi connectivity index (χ1v) is 10.4. The smallest absolute Gasteiger partial charge is 0.00983 e. The fourth-order valence-electron chi connectivity index (χ4n) is 4.13. The van der Waals surface area contributed by atoms with Crippen LogP contribution >= 0.6 is 0 Å². The highest BCUT2D eigenvalue weighted by Gasteiger charge is 2.22. The number of hydrogen-bond donors (Lipinski definition) is 0. The van der Waals surface area contributed by atoms with E-state index < -0.39 is 0 Å². The summed E-state index contributed by atoms with van der Waals surface area (Å²) in [5, 5.41) is 0. The summed E-state index contributed by atoms with van der Waals surface area (Å²) in [7, 11) is 0. The molecule has 0 heteroatoms. The first-order valence-electron chi connectivity index (χ1n) is 10.4. The van der Waals surface area contributed by atoms with Crippen LogP contribution in [-0.2, 0) is 0 Å². The summed E-state index contributed by atoms with van der Waals surface area (Å²) in [5.41, 5.74) is 8.14. The molecule has 144 valence electrons. The second-order valence-corrected chi connectivity index (χ2v) is 7.98. The molecule has 0 amide bonds. The second kappa shape index (κ2) is 8.92. The van der Waals surface area contributed by atoms with Gasteiger partial charge in [0.15, 0.2) is 0 Å². The van der Waals surface area contributed by atoms with Crippen molar-refractivity contribution in [1.82, 2.24) is 0 Å². The summed E-state index contributed by atoms with van der Waals surface area (Å²) in [6.45, 7) is 4.31. The van der Waals surface area contributed by atoms with Crippen molar-refractivity contribution in [1.29, 1.82) is 0 Å². The van der Waals surface area contributed by atoms with Crippen molar-refractivity contribution in [2.45, 2.75) is 32.1 Å². The molecule has 0 fully saturated rings. The van der Waals surface area contributed by atoms with E-state index in [0.717, 1.165) is 6.42 Å². The standard InChI is InChI=1S/C29H28/c1-22-13-17-26(18-14-22)28(24-9-5-3-6-10-24)21-29(25-11-7-4-8-12-25)27-19-15-23(2)16-20-27/h3-20,28-29H,21H2,1-2H3. The average molecular weight is 377 g/mol. The molecule has 0 aliphatic rings. The molecular formula is C29H28. The van der Waals surface area contributed by atoms with E-state index in [-0.39, 0.29) is 0 Å². The van der Waals surface area contributed by atoms with Crippen molar-refractivity contribution in [3.05, 3.63) is 143 Å². The molecule has 0 aromatic heterocycles. The largest absolute Gasteiger partial charge is 0.0622 e. The molecule has 0 saturated heterocycles. The predicted molar refractivity (Wildman–Crippen MR) is 124 cm³/mol. The van der Waals surface area contributed by atoms with Crippen LogP contribution in [0.3, 0.4) is 0 Å². The van der Waals surface area contributed by atoms with Gasteiger partial charge in [0.1, 0.15) is 0 Å². The Bertz CT molecular complexity index is 926. The van der Waals surface area contributed by atoms with Crippen molar-refractivity contribution < 1.29 is 0 Å². The number of rotatable bonds is 6. The van der Waals surface area contributed by atoms with Crippen LogP contribution in [0.25, 0.3) is 0 Å². The molecule has 2 unspecified atom stereocenters. The summed E-state index contributed by atoms with van der Waals surface area (Å²) in [6.07, 6.45) is 1.04. The van der Waals surface area contributed by atoms with E-state index >= 15 is 0 Å². The Labute approximate surface area is 174 Å². The highest BCUT2D eigenvalue weighted by Crippen LogP contribution is 2.38. The van der Waals surface area contributed by atoms with Crippen LogP contribution in [0, 0.1) is 13.8 Å². The fraction of sp³-hybridized carbons (Fsp3) is 0.172. The summed E-state index contributed by atoms with van der Waals surface area (Å²) >= 11 is 0. The maximum absolute atomic E-state index is 2.30. The van der Waals surface area contributed by atoms with Gasteiger partial charge in [-0.3, -0.25) is 0 Å². The Hall–Kier alpha value is -3.12. The molecule has 4 aromatic rings. The van der Waals surface area contributed by atoms with Crippen LogP contribution in [0.1, 0.15) is 51.6 Å². The fourth-order valence-corrected chi connectivity index (χ4v) is 4.13. The van der Waals surface area contributed by atoms with Crippen LogP contribution in [0.4, 0.5) is 0 Å². The second-order valence-electron chi connectivity index (χ2n) is 7.98. The van der Waals surface area contributed by atoms with E-state index in [1.807, 2.05) is 0 Å². The van der Waals surface area contributed by atoms with Gasteiger partial charge in [-0.2, -0.15) is 0 Å². The lowest BCUT2D eigenvalue weighted by atomic mass is 9.78. The number of benzene rings is 4. The molecule has 0 aliphatic heterocycles. The van der Waals surface area contributed by atoms with Gasteiger partial charge in [0.25, 0.3) is 0 Å². The molecule has 0 saturated carbocycles. The van der Waals surface area contributed by atoms with Gasteiger partial charge >= 0.3 is 0 Å². The lowest BCUT2D eigenvalue weighted by Crippen LogP contribution is -2.10. The van der Waals surface area contributed by atoms with Gasteiger partial charge in [-0.1, -0.05) is 120 Å². The molecule has 0 N–H and O–H groups in total. The molecule has 4 aromatic carbocycles. The first-order chi connectivity index (χ1) is 14.2. The molecule has 0 spiro atoms. The van der Waals surface area contributed by atoms with Gasteiger partial charge in [-0.15, -0.1) is 0 Å². The third kappa shape index (κ3) is 4.66. The lowest BCUT2D eigenvalue weighted by molar-refractivity contribution is 0.643. The Morgan fingerprint density at radius 2 is 0.724 bits per heavy atom. The Morgan fingerprint density at radius 3 is 1.07 bits per heavy atom. The minimum absolute atomic E-state index is 0.350. The maximum Gasteiger partial charge on any atom is 0.00983 e. The van der Waals surface area contributed by atoms with E-state index in [1.165, 1.54) is 33.4 Å². The minimum Gasteiger partial charge on any atom is -0.0622 e. The van der Waals surface area contributed by atoms with E-state index in [2.05, 4.69) is 123 Å². The van der Waals surface area contributed by atoms with Gasteiger partial charge in [-0.05, 0) is 42.5 Å². The van der Waals surface area contributed by atoms with Crippen LogP contribution in [0.5, 0.6) is 0 Å². The van der Waals surface area contributed by atoms with Crippen molar-refractivity contribution in [2.24, 2.45) is 0 Å². The maximum atomic E-state index is 2.30. The van der Waals surface area contributed by atoms with E-state index in [0.29, 0.717) is 11.8 Å². The monoisotopic (exact) mass is 376 g/mol. The van der Waals surface area contributed by atoms with Crippen LogP contribution < -0.4 is 0 Å². The SMILES string of the molecule is Cc1ccc(C(CC(c2ccccc2)c2ccc(C)cc2)c2ccccc2)cc1. The van der Waals surface area contributed by atoms with Gasteiger partial charge in [0.2, 0.25) is 0 Å². The molecule has 2 atom stereocenters. The minimum atomic E-state index is 0.350. The Kier molecular flexibility index (Phi) is 5.91. The lowest BCUT2D eigenvalue weighted by Gasteiger charge is -2.26. The summed E-state index contributed by atoms with van der Waals surface area (Å²) in [5.74, 6) is 0.701. The molecule has 0 nitrogen and oxygen atoms in total. The molecule has 0 aliphatic carbocycles. The third-order valence-electron chi connectivity index (χ3n) is 5.83. The number of aryl methyl sites for hydroxylation is 2. The van der Waals surface area contributed by atoms with Crippen molar-refractivity contribution in [3.63, 3.8) is 0 Å². The van der Waals surface area contributed by atoms with Gasteiger partial charge in [0.05, 0.1) is 0 Å². The highest BCUT2D eigenvalue weighted by molar-refractivity contribution is 5.39. The van der Waals surface area contributed by atoms with Crippen LogP contribution in [-0.4, -0.2) is 0 Å². The Balaban J connectivity index is 1.77. The molecule has 29 heavy (non-hydrogen) atoms. The molecule has 0 heterocycles. The van der Waals surface area contributed by atoms with Crippen LogP contribution in [0.2, 0.25) is 0 Å². The third-order valence-corrected chi connectivity index (χ3v) is 5.83. The summed E-state index contributed by atoms with van der Waals surface area (Å²) in [6, 6.07) is 40.0. The number of hydrogen-bond acceptors (Lipinski definition) is 0. The summed E-state index contributed by atoms with van der Waals surface area (Å²) < 4.78 is 0. The molecule has 0 radical (unpaired) electrons. The van der Waals surface area contributed by atoms with Crippen molar-refractivity contribution in [2.75, 3.05) is 0 Å². The zero-order valence-corrected chi connectivity index (χ0v) is 17.3. The van der Waals surface area contributed by atoms with Gasteiger partial charge in [-0.25, -0.2) is 0 Å². The van der Waals surface area contributed by atoms with Gasteiger partial charge in [0, 0.05) is 11.8 Å². The molecule has 0 bridgehead atoms. The van der Waals surface area contributed by atoms with Gasteiger partial charge < -0.3 is 0 Å². The van der Waals surface area contributed by atoms with E-state index in [4.69, 9.17) is 0 Å². The van der Waals surface area contributed by atoms with Crippen molar-refractivity contribution in [3.8, 4) is 0 Å². The quantitative estimate of drug-likeness (QED) is 0.324. The predicted octanol–water partition coefficient (Wildman–Crippen LogP) is 7.66. The molecule has 4 rings (SSSR count). The topological polar surface area (TPSA) is 0 Å². The zero-order chi connectivity index (χ0) is 20.1. The summed E-state index contributed by atoms with van der Waals surface area (Å²) in [4.78, 5) is 0.